The Hall–Kier alpha value is -1.36. The van der Waals surface area contributed by atoms with Gasteiger partial charge in [0.05, 0.1) is 5.60 Å². The number of hydrogen-bond acceptors (Lipinski definition) is 5. The van der Waals surface area contributed by atoms with Crippen LogP contribution in [0.1, 0.15) is 32.5 Å². The molecule has 0 spiro atoms. The number of hydrogen-bond donors (Lipinski definition) is 1. The van der Waals surface area contributed by atoms with Crippen molar-refractivity contribution in [2.75, 3.05) is 37.0 Å². The third kappa shape index (κ3) is 3.35. The Morgan fingerprint density at radius 2 is 2.26 bits per heavy atom. The Morgan fingerprint density at radius 1 is 1.47 bits per heavy atom. The maximum atomic E-state index is 5.64. The van der Waals surface area contributed by atoms with Gasteiger partial charge in [0.15, 0.2) is 0 Å². The Bertz CT molecular complexity index is 437. The fraction of sp³-hybridized carbons (Fsp3) is 0.714. The molecule has 1 atom stereocenters. The molecule has 1 saturated heterocycles. The summed E-state index contributed by atoms with van der Waals surface area (Å²) in [5.41, 5.74) is -0.0740. The van der Waals surface area contributed by atoms with Gasteiger partial charge in [-0.1, -0.05) is 0 Å². The summed E-state index contributed by atoms with van der Waals surface area (Å²) in [5.74, 6) is 2.69. The lowest BCUT2D eigenvalue weighted by atomic mass is 9.95. The molecule has 1 N–H and O–H groups in total. The number of ether oxygens (including phenoxy) is 1. The summed E-state index contributed by atoms with van der Waals surface area (Å²) in [7, 11) is 1.79. The minimum atomic E-state index is -0.0740. The second-order valence-electron chi connectivity index (χ2n) is 5.37. The molecule has 106 valence electrons. The first-order chi connectivity index (χ1) is 9.06. The average molecular weight is 264 g/mol. The third-order valence-electron chi connectivity index (χ3n) is 3.66. The molecule has 5 nitrogen and oxygen atoms in total. The van der Waals surface area contributed by atoms with E-state index >= 15 is 0 Å². The normalized spacial score (nSPS) is 23.5. The predicted molar refractivity (Wildman–Crippen MR) is 77.8 cm³/mol. The third-order valence-corrected chi connectivity index (χ3v) is 3.66. The average Bonchev–Trinajstić information content (AvgIpc) is 2.38. The van der Waals surface area contributed by atoms with E-state index in [9.17, 15) is 0 Å². The molecule has 0 amide bonds. The van der Waals surface area contributed by atoms with Crippen LogP contribution in [-0.4, -0.2) is 42.3 Å². The highest BCUT2D eigenvalue weighted by Crippen LogP contribution is 2.27. The first kappa shape index (κ1) is 14.1. The van der Waals surface area contributed by atoms with Gasteiger partial charge < -0.3 is 15.0 Å². The van der Waals surface area contributed by atoms with E-state index in [0.717, 1.165) is 49.9 Å². The molecular formula is C14H24N4O. The van der Waals surface area contributed by atoms with Crippen LogP contribution in [-0.2, 0) is 4.74 Å². The fourth-order valence-electron chi connectivity index (χ4n) is 2.55. The van der Waals surface area contributed by atoms with E-state index in [-0.39, 0.29) is 5.60 Å². The fourth-order valence-corrected chi connectivity index (χ4v) is 2.55. The Kier molecular flexibility index (Phi) is 4.24. The number of methoxy groups -OCH3 is 1. The second-order valence-corrected chi connectivity index (χ2v) is 5.37. The molecule has 1 aromatic rings. The van der Waals surface area contributed by atoms with Gasteiger partial charge in [-0.25, -0.2) is 9.97 Å². The van der Waals surface area contributed by atoms with Crippen LogP contribution >= 0.6 is 0 Å². The molecule has 1 aliphatic rings. The van der Waals surface area contributed by atoms with Crippen LogP contribution in [0.4, 0.5) is 11.6 Å². The van der Waals surface area contributed by atoms with E-state index in [1.165, 1.54) is 0 Å². The standard InChI is InChI=1S/C14H24N4O/c1-5-15-12-9-13(17-11(2)16-12)18-8-6-7-14(3,10-18)19-4/h9H,5-8,10H2,1-4H3,(H,15,16,17). The maximum Gasteiger partial charge on any atom is 0.134 e. The first-order valence-electron chi connectivity index (χ1n) is 6.96. The summed E-state index contributed by atoms with van der Waals surface area (Å²) in [6.07, 6.45) is 2.23. The van der Waals surface area contributed by atoms with Crippen molar-refractivity contribution in [1.29, 1.82) is 0 Å². The molecule has 0 aliphatic carbocycles. The Balaban J connectivity index is 2.21. The summed E-state index contributed by atoms with van der Waals surface area (Å²) in [6, 6.07) is 2.03. The molecule has 0 radical (unpaired) electrons. The molecule has 1 fully saturated rings. The summed E-state index contributed by atoms with van der Waals surface area (Å²) >= 11 is 0. The number of nitrogens with one attached hydrogen (secondary N) is 1. The highest BCUT2D eigenvalue weighted by atomic mass is 16.5. The molecule has 19 heavy (non-hydrogen) atoms. The van der Waals surface area contributed by atoms with Crippen molar-refractivity contribution < 1.29 is 4.74 Å². The monoisotopic (exact) mass is 264 g/mol. The second kappa shape index (κ2) is 5.74. The minimum absolute atomic E-state index is 0.0740. The van der Waals surface area contributed by atoms with Gasteiger partial charge in [0, 0.05) is 32.8 Å². The topological polar surface area (TPSA) is 50.3 Å². The highest BCUT2D eigenvalue weighted by Gasteiger charge is 2.31. The molecule has 0 bridgehead atoms. The summed E-state index contributed by atoms with van der Waals surface area (Å²) < 4.78 is 5.64. The lowest BCUT2D eigenvalue weighted by molar-refractivity contribution is -0.00482. The molecule has 1 aliphatic heterocycles. The molecule has 0 saturated carbocycles. The van der Waals surface area contributed by atoms with Crippen LogP contribution in [0.15, 0.2) is 6.07 Å². The van der Waals surface area contributed by atoms with Crippen molar-refractivity contribution in [2.45, 2.75) is 39.2 Å². The van der Waals surface area contributed by atoms with Crippen LogP contribution in [0.2, 0.25) is 0 Å². The van der Waals surface area contributed by atoms with Gasteiger partial charge in [-0.3, -0.25) is 0 Å². The van der Waals surface area contributed by atoms with E-state index in [1.807, 2.05) is 13.0 Å². The van der Waals surface area contributed by atoms with Gasteiger partial charge in [0.25, 0.3) is 0 Å². The lowest BCUT2D eigenvalue weighted by Crippen LogP contribution is -2.47. The summed E-state index contributed by atoms with van der Waals surface area (Å²) in [6.45, 7) is 8.94. The number of piperidine rings is 1. The Labute approximate surface area is 115 Å². The quantitative estimate of drug-likeness (QED) is 0.903. The number of aryl methyl sites for hydroxylation is 1. The van der Waals surface area contributed by atoms with Crippen LogP contribution in [0, 0.1) is 6.92 Å². The number of rotatable bonds is 4. The van der Waals surface area contributed by atoms with Gasteiger partial charge in [0.2, 0.25) is 0 Å². The molecule has 1 unspecified atom stereocenters. The number of anilines is 2. The lowest BCUT2D eigenvalue weighted by Gasteiger charge is -2.40. The van der Waals surface area contributed by atoms with E-state index < -0.39 is 0 Å². The SMILES string of the molecule is CCNc1cc(N2CCCC(C)(OC)C2)nc(C)n1. The first-order valence-corrected chi connectivity index (χ1v) is 6.96. The molecule has 2 rings (SSSR count). The Morgan fingerprint density at radius 3 is 2.95 bits per heavy atom. The van der Waals surface area contributed by atoms with E-state index in [0.29, 0.717) is 0 Å². The minimum Gasteiger partial charge on any atom is -0.377 e. The van der Waals surface area contributed by atoms with Crippen molar-refractivity contribution in [3.63, 3.8) is 0 Å². The van der Waals surface area contributed by atoms with Gasteiger partial charge in [-0.2, -0.15) is 0 Å². The van der Waals surface area contributed by atoms with Crippen molar-refractivity contribution in [1.82, 2.24) is 9.97 Å². The zero-order chi connectivity index (χ0) is 13.9. The van der Waals surface area contributed by atoms with E-state index in [4.69, 9.17) is 4.74 Å². The van der Waals surface area contributed by atoms with E-state index in [1.54, 1.807) is 7.11 Å². The van der Waals surface area contributed by atoms with Gasteiger partial charge in [0.1, 0.15) is 17.5 Å². The zero-order valence-electron chi connectivity index (χ0n) is 12.4. The molecule has 2 heterocycles. The van der Waals surface area contributed by atoms with E-state index in [2.05, 4.69) is 34.0 Å². The van der Waals surface area contributed by atoms with Crippen molar-refractivity contribution in [3.8, 4) is 0 Å². The molecule has 1 aromatic heterocycles. The number of aromatic nitrogens is 2. The predicted octanol–water partition coefficient (Wildman–Crippen LogP) is 2.22. The van der Waals surface area contributed by atoms with Crippen LogP contribution in [0.25, 0.3) is 0 Å². The molecule has 0 aromatic carbocycles. The molecule has 5 heteroatoms. The van der Waals surface area contributed by atoms with Crippen LogP contribution < -0.4 is 10.2 Å². The highest BCUT2D eigenvalue weighted by molar-refractivity contribution is 5.50. The smallest absolute Gasteiger partial charge is 0.134 e. The van der Waals surface area contributed by atoms with Crippen LogP contribution in [0.3, 0.4) is 0 Å². The van der Waals surface area contributed by atoms with Crippen molar-refractivity contribution >= 4 is 11.6 Å². The summed E-state index contributed by atoms with van der Waals surface area (Å²) in [4.78, 5) is 11.2. The van der Waals surface area contributed by atoms with Crippen molar-refractivity contribution in [2.24, 2.45) is 0 Å². The molecular weight excluding hydrogens is 240 g/mol. The van der Waals surface area contributed by atoms with Crippen LogP contribution in [0.5, 0.6) is 0 Å². The van der Waals surface area contributed by atoms with Gasteiger partial charge in [-0.15, -0.1) is 0 Å². The largest absolute Gasteiger partial charge is 0.377 e. The maximum absolute atomic E-state index is 5.64. The van der Waals surface area contributed by atoms with Gasteiger partial charge >= 0.3 is 0 Å². The van der Waals surface area contributed by atoms with Gasteiger partial charge in [-0.05, 0) is 33.6 Å². The summed E-state index contributed by atoms with van der Waals surface area (Å²) in [5, 5.41) is 3.25. The van der Waals surface area contributed by atoms with Crippen molar-refractivity contribution in [3.05, 3.63) is 11.9 Å². The number of nitrogens with zero attached hydrogens (tertiary/aromatic N) is 3. The zero-order valence-corrected chi connectivity index (χ0v) is 12.4.